The Morgan fingerprint density at radius 1 is 1.12 bits per heavy atom. The van der Waals surface area contributed by atoms with Crippen LogP contribution in [0.4, 0.5) is 4.39 Å². The summed E-state index contributed by atoms with van der Waals surface area (Å²) in [4.78, 5) is 4.87. The van der Waals surface area contributed by atoms with Crippen molar-refractivity contribution in [2.75, 3.05) is 39.3 Å². The zero-order chi connectivity index (χ0) is 12.3. The third-order valence-electron chi connectivity index (χ3n) is 4.22. The van der Waals surface area contributed by atoms with E-state index in [0.29, 0.717) is 6.54 Å². The van der Waals surface area contributed by atoms with Crippen LogP contribution >= 0.6 is 22.6 Å². The Bertz CT molecular complexity index is 231. The van der Waals surface area contributed by atoms with Crippen molar-refractivity contribution in [3.8, 4) is 0 Å². The first-order valence-electron chi connectivity index (χ1n) is 6.92. The summed E-state index contributed by atoms with van der Waals surface area (Å²) in [6.45, 7) is 8.79. The summed E-state index contributed by atoms with van der Waals surface area (Å²) in [5.74, 6) is 0.802. The molecule has 0 amide bonds. The van der Waals surface area contributed by atoms with Crippen LogP contribution in [0.3, 0.4) is 0 Å². The third kappa shape index (κ3) is 4.03. The van der Waals surface area contributed by atoms with Gasteiger partial charge in [-0.2, -0.15) is 0 Å². The summed E-state index contributed by atoms with van der Waals surface area (Å²) in [5.41, 5.74) is 0. The molecule has 0 aromatic rings. The number of hydrogen-bond acceptors (Lipinski definition) is 2. The van der Waals surface area contributed by atoms with Crippen molar-refractivity contribution in [1.29, 1.82) is 0 Å². The number of rotatable bonds is 3. The molecule has 0 bridgehead atoms. The molecular weight excluding hydrogens is 330 g/mol. The van der Waals surface area contributed by atoms with Crippen molar-refractivity contribution in [2.24, 2.45) is 5.92 Å². The van der Waals surface area contributed by atoms with Crippen LogP contribution in [0.1, 0.15) is 26.2 Å². The first-order valence-corrected chi connectivity index (χ1v) is 8.16. The molecule has 100 valence electrons. The van der Waals surface area contributed by atoms with Gasteiger partial charge in [-0.25, -0.2) is 4.39 Å². The van der Waals surface area contributed by atoms with Crippen molar-refractivity contribution in [3.05, 3.63) is 0 Å². The van der Waals surface area contributed by atoms with Crippen molar-refractivity contribution >= 4 is 22.6 Å². The van der Waals surface area contributed by atoms with E-state index in [9.17, 15) is 4.39 Å². The maximum atomic E-state index is 13.6. The SMILES string of the molecule is CCN1CCC(CN2CC[C@H](I)[C@@H](F)C2)CC1. The highest BCUT2D eigenvalue weighted by molar-refractivity contribution is 14.1. The quantitative estimate of drug-likeness (QED) is 0.568. The zero-order valence-corrected chi connectivity index (χ0v) is 12.9. The van der Waals surface area contributed by atoms with Crippen LogP contribution in [0.15, 0.2) is 0 Å². The standard InChI is InChI=1S/C13H24FIN2/c1-2-16-6-3-11(4-7-16)9-17-8-5-13(15)12(14)10-17/h11-13H,2-10H2,1H3/t12-,13-/m0/s1. The second kappa shape index (κ2) is 6.66. The smallest absolute Gasteiger partial charge is 0.124 e. The fourth-order valence-corrected chi connectivity index (χ4v) is 3.46. The van der Waals surface area contributed by atoms with Gasteiger partial charge in [-0.15, -0.1) is 0 Å². The lowest BCUT2D eigenvalue weighted by atomic mass is 9.95. The van der Waals surface area contributed by atoms with Crippen molar-refractivity contribution in [1.82, 2.24) is 9.80 Å². The van der Waals surface area contributed by atoms with Crippen LogP contribution in [-0.4, -0.2) is 59.2 Å². The normalized spacial score (nSPS) is 34.1. The molecule has 0 aliphatic carbocycles. The number of nitrogens with zero attached hydrogens (tertiary/aromatic N) is 2. The van der Waals surface area contributed by atoms with Gasteiger partial charge in [-0.1, -0.05) is 29.5 Å². The summed E-state index contributed by atoms with van der Waals surface area (Å²) >= 11 is 2.26. The number of alkyl halides is 2. The third-order valence-corrected chi connectivity index (χ3v) is 5.62. The van der Waals surface area contributed by atoms with Crippen molar-refractivity contribution in [2.45, 2.75) is 36.3 Å². The summed E-state index contributed by atoms with van der Waals surface area (Å²) in [6.07, 6.45) is 3.01. The van der Waals surface area contributed by atoms with Gasteiger partial charge in [0.05, 0.1) is 0 Å². The van der Waals surface area contributed by atoms with Gasteiger partial charge in [0.25, 0.3) is 0 Å². The number of hydrogen-bond donors (Lipinski definition) is 0. The van der Waals surface area contributed by atoms with Gasteiger partial charge < -0.3 is 9.80 Å². The molecule has 2 aliphatic rings. The molecule has 0 aromatic carbocycles. The van der Waals surface area contributed by atoms with Gasteiger partial charge in [0.1, 0.15) is 6.17 Å². The number of halogens is 2. The summed E-state index contributed by atoms with van der Waals surface area (Å²) < 4.78 is 13.9. The topological polar surface area (TPSA) is 6.48 Å². The van der Waals surface area contributed by atoms with Gasteiger partial charge in [-0.05, 0) is 51.4 Å². The molecule has 2 aliphatic heterocycles. The Labute approximate surface area is 118 Å². The summed E-state index contributed by atoms with van der Waals surface area (Å²) in [7, 11) is 0. The van der Waals surface area contributed by atoms with E-state index in [2.05, 4.69) is 39.3 Å². The van der Waals surface area contributed by atoms with E-state index in [0.717, 1.165) is 25.4 Å². The average Bonchev–Trinajstić information content (AvgIpc) is 2.35. The lowest BCUT2D eigenvalue weighted by molar-refractivity contribution is 0.104. The van der Waals surface area contributed by atoms with Gasteiger partial charge in [0.2, 0.25) is 0 Å². The lowest BCUT2D eigenvalue weighted by Gasteiger charge is -2.37. The fraction of sp³-hybridized carbons (Fsp3) is 1.00. The molecule has 0 aromatic heterocycles. The van der Waals surface area contributed by atoms with E-state index in [4.69, 9.17) is 0 Å². The van der Waals surface area contributed by atoms with E-state index in [-0.39, 0.29) is 3.92 Å². The Balaban J connectivity index is 1.71. The molecule has 17 heavy (non-hydrogen) atoms. The average molecular weight is 354 g/mol. The van der Waals surface area contributed by atoms with E-state index in [1.807, 2.05) is 0 Å². The molecule has 2 heterocycles. The first-order chi connectivity index (χ1) is 8.19. The Hall–Kier alpha value is 0.580. The van der Waals surface area contributed by atoms with Crippen molar-refractivity contribution < 1.29 is 4.39 Å². The minimum absolute atomic E-state index is 0.241. The molecule has 0 N–H and O–H groups in total. The summed E-state index contributed by atoms with van der Waals surface area (Å²) in [5, 5.41) is 0. The molecular formula is C13H24FIN2. The van der Waals surface area contributed by atoms with E-state index in [1.54, 1.807) is 0 Å². The minimum atomic E-state index is -0.611. The lowest BCUT2D eigenvalue weighted by Crippen LogP contribution is -2.46. The van der Waals surface area contributed by atoms with E-state index < -0.39 is 6.17 Å². The molecule has 0 spiro atoms. The van der Waals surface area contributed by atoms with Gasteiger partial charge in [0, 0.05) is 17.0 Å². The van der Waals surface area contributed by atoms with Crippen LogP contribution in [0, 0.1) is 5.92 Å². The van der Waals surface area contributed by atoms with Gasteiger partial charge >= 0.3 is 0 Å². The molecule has 4 heteroatoms. The highest BCUT2D eigenvalue weighted by Gasteiger charge is 2.29. The van der Waals surface area contributed by atoms with Crippen LogP contribution in [0.25, 0.3) is 0 Å². The van der Waals surface area contributed by atoms with Crippen LogP contribution in [0.5, 0.6) is 0 Å². The molecule has 2 nitrogen and oxygen atoms in total. The van der Waals surface area contributed by atoms with Crippen LogP contribution in [-0.2, 0) is 0 Å². The highest BCUT2D eigenvalue weighted by Crippen LogP contribution is 2.24. The molecule has 2 saturated heterocycles. The van der Waals surface area contributed by atoms with Gasteiger partial charge in [0.15, 0.2) is 0 Å². The van der Waals surface area contributed by atoms with Crippen LogP contribution in [0.2, 0.25) is 0 Å². The maximum Gasteiger partial charge on any atom is 0.124 e. The highest BCUT2D eigenvalue weighted by atomic mass is 127. The number of likely N-dealkylation sites (tertiary alicyclic amines) is 2. The molecule has 0 saturated carbocycles. The summed E-state index contributed by atoms with van der Waals surface area (Å²) in [6, 6.07) is 0. The first kappa shape index (κ1) is 14.0. The van der Waals surface area contributed by atoms with Crippen LogP contribution < -0.4 is 0 Å². The Kier molecular flexibility index (Phi) is 5.49. The number of piperidine rings is 2. The maximum absolute atomic E-state index is 13.6. The van der Waals surface area contributed by atoms with Gasteiger partial charge in [-0.3, -0.25) is 0 Å². The second-order valence-corrected chi connectivity index (χ2v) is 7.06. The minimum Gasteiger partial charge on any atom is -0.304 e. The predicted octanol–water partition coefficient (Wildman–Crippen LogP) is 2.57. The Morgan fingerprint density at radius 3 is 2.35 bits per heavy atom. The monoisotopic (exact) mass is 354 g/mol. The van der Waals surface area contributed by atoms with E-state index in [1.165, 1.54) is 32.5 Å². The Morgan fingerprint density at radius 2 is 1.76 bits per heavy atom. The molecule has 0 unspecified atom stereocenters. The largest absolute Gasteiger partial charge is 0.304 e. The fourth-order valence-electron chi connectivity index (χ4n) is 2.96. The second-order valence-electron chi connectivity index (χ2n) is 5.46. The molecule has 2 atom stereocenters. The molecule has 2 rings (SSSR count). The van der Waals surface area contributed by atoms with Crippen molar-refractivity contribution in [3.63, 3.8) is 0 Å². The van der Waals surface area contributed by atoms with E-state index >= 15 is 0 Å². The zero-order valence-electron chi connectivity index (χ0n) is 10.7. The molecule has 0 radical (unpaired) electrons. The molecule has 2 fully saturated rings. The predicted molar refractivity (Wildman–Crippen MR) is 78.6 cm³/mol.